The molecule has 1 saturated carbocycles. The highest BCUT2D eigenvalue weighted by molar-refractivity contribution is 7.89. The molecular formula is C18H24N2O5S. The molecule has 7 nitrogen and oxygen atoms in total. The summed E-state index contributed by atoms with van der Waals surface area (Å²) in [5.41, 5.74) is 0.0513. The van der Waals surface area contributed by atoms with Crippen LogP contribution in [0.5, 0.6) is 0 Å². The maximum absolute atomic E-state index is 12.8. The first-order valence-electron chi connectivity index (χ1n) is 9.03. The molecule has 0 radical (unpaired) electrons. The molecule has 2 aliphatic heterocycles. The molecule has 1 aromatic carbocycles. The number of methoxy groups -OCH3 is 1. The molecule has 0 spiro atoms. The van der Waals surface area contributed by atoms with Crippen molar-refractivity contribution in [2.45, 2.75) is 42.3 Å². The number of hydrogen-bond acceptors (Lipinski definition) is 6. The summed E-state index contributed by atoms with van der Waals surface area (Å²) in [5, 5.41) is 0. The summed E-state index contributed by atoms with van der Waals surface area (Å²) in [5.74, 6) is 0.0223. The van der Waals surface area contributed by atoms with E-state index in [4.69, 9.17) is 9.47 Å². The Hall–Kier alpha value is -1.48. The number of sulfonamides is 1. The Kier molecular flexibility index (Phi) is 4.77. The van der Waals surface area contributed by atoms with Gasteiger partial charge in [0, 0.05) is 25.2 Å². The van der Waals surface area contributed by atoms with Gasteiger partial charge in [-0.15, -0.1) is 0 Å². The number of nitrogens with one attached hydrogen (secondary N) is 1. The lowest BCUT2D eigenvalue weighted by molar-refractivity contribution is -0.0581. The number of benzene rings is 1. The van der Waals surface area contributed by atoms with E-state index in [9.17, 15) is 13.2 Å². The summed E-state index contributed by atoms with van der Waals surface area (Å²) in [6.45, 7) is 2.22. The average molecular weight is 380 g/mol. The highest BCUT2D eigenvalue weighted by Gasteiger charge is 2.43. The fourth-order valence-corrected chi connectivity index (χ4v) is 5.44. The standard InChI is InChI=1S/C18H24N2O5S/c1-24-18(21)15-4-2-3-5-17(15)26(22,23)19-13-8-14-11-25-16(12-6-7-12)10-20(14)9-13/h2-5,12-14,16,19H,6-11H2,1H3/t13-,14-,16+/m0/s1. The third-order valence-electron chi connectivity index (χ3n) is 5.50. The lowest BCUT2D eigenvalue weighted by Crippen LogP contribution is -2.47. The van der Waals surface area contributed by atoms with Crippen molar-refractivity contribution in [2.24, 2.45) is 5.92 Å². The first kappa shape index (κ1) is 17.9. The summed E-state index contributed by atoms with van der Waals surface area (Å²) in [4.78, 5) is 14.2. The first-order valence-corrected chi connectivity index (χ1v) is 10.5. The molecular weight excluding hydrogens is 356 g/mol. The van der Waals surface area contributed by atoms with E-state index in [1.54, 1.807) is 12.1 Å². The van der Waals surface area contributed by atoms with E-state index < -0.39 is 16.0 Å². The quantitative estimate of drug-likeness (QED) is 0.768. The fourth-order valence-electron chi connectivity index (χ4n) is 4.00. The van der Waals surface area contributed by atoms with Gasteiger partial charge in [0.05, 0.1) is 30.3 Å². The van der Waals surface area contributed by atoms with Crippen molar-refractivity contribution < 1.29 is 22.7 Å². The zero-order valence-corrected chi connectivity index (χ0v) is 15.6. The maximum atomic E-state index is 12.8. The van der Waals surface area contributed by atoms with Gasteiger partial charge in [-0.05, 0) is 37.3 Å². The van der Waals surface area contributed by atoms with Gasteiger partial charge in [0.15, 0.2) is 0 Å². The second kappa shape index (κ2) is 6.92. The summed E-state index contributed by atoms with van der Waals surface area (Å²) < 4.78 is 39.1. The number of morpholine rings is 1. The molecule has 0 bridgehead atoms. The van der Waals surface area contributed by atoms with Crippen LogP contribution in [0.3, 0.4) is 0 Å². The minimum Gasteiger partial charge on any atom is -0.465 e. The van der Waals surface area contributed by atoms with Crippen LogP contribution in [0.25, 0.3) is 0 Å². The van der Waals surface area contributed by atoms with E-state index in [1.807, 2.05) is 0 Å². The van der Waals surface area contributed by atoms with Gasteiger partial charge in [-0.2, -0.15) is 0 Å². The van der Waals surface area contributed by atoms with Crippen molar-refractivity contribution in [1.29, 1.82) is 0 Å². The SMILES string of the molecule is COC(=O)c1ccccc1S(=O)(=O)N[C@H]1C[C@H]2CO[C@@H](C3CC3)CN2C1. The Morgan fingerprint density at radius 1 is 1.27 bits per heavy atom. The van der Waals surface area contributed by atoms with Gasteiger partial charge >= 0.3 is 5.97 Å². The second-order valence-electron chi connectivity index (χ2n) is 7.36. The molecule has 4 rings (SSSR count). The van der Waals surface area contributed by atoms with Crippen molar-refractivity contribution in [3.63, 3.8) is 0 Å². The Morgan fingerprint density at radius 3 is 2.77 bits per heavy atom. The van der Waals surface area contributed by atoms with Crippen LogP contribution >= 0.6 is 0 Å². The molecule has 142 valence electrons. The third kappa shape index (κ3) is 3.51. The Bertz CT molecular complexity index is 793. The molecule has 3 atom stereocenters. The molecule has 0 aromatic heterocycles. The van der Waals surface area contributed by atoms with E-state index in [0.29, 0.717) is 25.2 Å². The topological polar surface area (TPSA) is 84.9 Å². The minimum atomic E-state index is -3.81. The molecule has 2 heterocycles. The highest BCUT2D eigenvalue weighted by Crippen LogP contribution is 2.38. The largest absolute Gasteiger partial charge is 0.465 e. The summed E-state index contributed by atoms with van der Waals surface area (Å²) in [6, 6.07) is 6.20. The van der Waals surface area contributed by atoms with Gasteiger partial charge < -0.3 is 9.47 Å². The minimum absolute atomic E-state index is 0.0381. The van der Waals surface area contributed by atoms with Gasteiger partial charge in [-0.3, -0.25) is 4.90 Å². The molecule has 0 unspecified atom stereocenters. The lowest BCUT2D eigenvalue weighted by atomic mass is 10.1. The number of hydrogen-bond donors (Lipinski definition) is 1. The zero-order chi connectivity index (χ0) is 18.3. The monoisotopic (exact) mass is 380 g/mol. The van der Waals surface area contributed by atoms with Crippen LogP contribution in [0.15, 0.2) is 29.2 Å². The van der Waals surface area contributed by atoms with Crippen molar-refractivity contribution in [3.05, 3.63) is 29.8 Å². The van der Waals surface area contributed by atoms with Crippen LogP contribution < -0.4 is 4.72 Å². The molecule has 26 heavy (non-hydrogen) atoms. The highest BCUT2D eigenvalue weighted by atomic mass is 32.2. The van der Waals surface area contributed by atoms with E-state index in [-0.39, 0.29) is 22.5 Å². The van der Waals surface area contributed by atoms with Crippen LogP contribution in [0.2, 0.25) is 0 Å². The van der Waals surface area contributed by atoms with E-state index in [0.717, 1.165) is 13.0 Å². The van der Waals surface area contributed by atoms with Crippen molar-refractivity contribution in [2.75, 3.05) is 26.8 Å². The predicted molar refractivity (Wildman–Crippen MR) is 94.3 cm³/mol. The number of esters is 1. The number of ether oxygens (including phenoxy) is 2. The van der Waals surface area contributed by atoms with Crippen molar-refractivity contribution in [3.8, 4) is 0 Å². The van der Waals surface area contributed by atoms with Gasteiger partial charge in [0.1, 0.15) is 0 Å². The summed E-state index contributed by atoms with van der Waals surface area (Å²) in [6.07, 6.45) is 3.49. The number of carbonyl (C=O) groups is 1. The lowest BCUT2D eigenvalue weighted by Gasteiger charge is -2.35. The molecule has 0 amide bonds. The molecule has 1 N–H and O–H groups in total. The number of rotatable bonds is 5. The van der Waals surface area contributed by atoms with Gasteiger partial charge in [-0.1, -0.05) is 12.1 Å². The Labute approximate surface area is 153 Å². The molecule has 3 aliphatic rings. The summed E-state index contributed by atoms with van der Waals surface area (Å²) in [7, 11) is -2.57. The van der Waals surface area contributed by atoms with Crippen LogP contribution in [-0.2, 0) is 19.5 Å². The summed E-state index contributed by atoms with van der Waals surface area (Å²) >= 11 is 0. The normalized spacial score (nSPS) is 29.3. The first-order chi connectivity index (χ1) is 12.5. The van der Waals surface area contributed by atoms with E-state index in [1.165, 1.54) is 32.1 Å². The zero-order valence-electron chi connectivity index (χ0n) is 14.8. The van der Waals surface area contributed by atoms with E-state index in [2.05, 4.69) is 9.62 Å². The van der Waals surface area contributed by atoms with Crippen LogP contribution in [0, 0.1) is 5.92 Å². The number of nitrogens with zero attached hydrogens (tertiary/aromatic N) is 1. The van der Waals surface area contributed by atoms with Gasteiger partial charge in [0.2, 0.25) is 10.0 Å². The van der Waals surface area contributed by atoms with Crippen LogP contribution in [-0.4, -0.2) is 64.3 Å². The van der Waals surface area contributed by atoms with Crippen LogP contribution in [0.1, 0.15) is 29.6 Å². The van der Waals surface area contributed by atoms with Crippen molar-refractivity contribution in [1.82, 2.24) is 9.62 Å². The molecule has 2 saturated heterocycles. The fraction of sp³-hybridized carbons (Fsp3) is 0.611. The second-order valence-corrected chi connectivity index (χ2v) is 9.04. The maximum Gasteiger partial charge on any atom is 0.339 e. The van der Waals surface area contributed by atoms with E-state index >= 15 is 0 Å². The molecule has 1 aliphatic carbocycles. The molecule has 1 aromatic rings. The van der Waals surface area contributed by atoms with Gasteiger partial charge in [0.25, 0.3) is 0 Å². The predicted octanol–water partition coefficient (Wildman–Crippen LogP) is 1.00. The van der Waals surface area contributed by atoms with Crippen LogP contribution in [0.4, 0.5) is 0 Å². The van der Waals surface area contributed by atoms with Crippen molar-refractivity contribution >= 4 is 16.0 Å². The smallest absolute Gasteiger partial charge is 0.339 e. The number of fused-ring (bicyclic) bond motifs is 1. The molecule has 8 heteroatoms. The third-order valence-corrected chi connectivity index (χ3v) is 7.08. The van der Waals surface area contributed by atoms with Gasteiger partial charge in [-0.25, -0.2) is 17.9 Å². The average Bonchev–Trinajstić information content (AvgIpc) is 3.41. The number of carbonyl (C=O) groups excluding carboxylic acids is 1. The Balaban J connectivity index is 1.46. The Morgan fingerprint density at radius 2 is 2.04 bits per heavy atom. The molecule has 3 fully saturated rings.